The third-order valence-electron chi connectivity index (χ3n) is 5.28. The van der Waals surface area contributed by atoms with Crippen molar-refractivity contribution in [2.75, 3.05) is 20.1 Å². The molecule has 0 radical (unpaired) electrons. The molecule has 0 bridgehead atoms. The normalized spacial score (nSPS) is 23.0. The van der Waals surface area contributed by atoms with Crippen LogP contribution in [0.1, 0.15) is 29.9 Å². The molecule has 0 spiro atoms. The van der Waals surface area contributed by atoms with Crippen LogP contribution in [0.25, 0.3) is 0 Å². The summed E-state index contributed by atoms with van der Waals surface area (Å²) in [6.07, 6.45) is 3.28. The molecule has 1 fully saturated rings. The van der Waals surface area contributed by atoms with E-state index < -0.39 is 5.92 Å². The predicted octanol–water partition coefficient (Wildman–Crippen LogP) is 2.74. The lowest BCUT2D eigenvalue weighted by Gasteiger charge is -2.33. The first-order valence-electron chi connectivity index (χ1n) is 8.79. The lowest BCUT2D eigenvalue weighted by Crippen LogP contribution is -2.34. The summed E-state index contributed by atoms with van der Waals surface area (Å²) in [5, 5.41) is 19.4. The maximum Gasteiger partial charge on any atom is 0.129 e. The second-order valence-corrected chi connectivity index (χ2v) is 7.65. The van der Waals surface area contributed by atoms with Crippen LogP contribution in [0.2, 0.25) is 0 Å². The number of nitriles is 2. The fourth-order valence-corrected chi connectivity index (χ4v) is 4.37. The second kappa shape index (κ2) is 7.96. The van der Waals surface area contributed by atoms with Gasteiger partial charge >= 0.3 is 0 Å². The highest BCUT2D eigenvalue weighted by atomic mass is 79.9. The molecule has 0 amide bonds. The summed E-state index contributed by atoms with van der Waals surface area (Å²) in [5.74, 6) is 0.0914. The number of piperidine rings is 1. The van der Waals surface area contributed by atoms with Gasteiger partial charge in [0.05, 0.1) is 28.8 Å². The van der Waals surface area contributed by atoms with Gasteiger partial charge in [-0.05, 0) is 60.5 Å². The highest BCUT2D eigenvalue weighted by Gasteiger charge is 2.35. The molecule has 0 saturated carbocycles. The van der Waals surface area contributed by atoms with E-state index in [4.69, 9.17) is 11.5 Å². The van der Waals surface area contributed by atoms with Gasteiger partial charge < -0.3 is 16.4 Å². The van der Waals surface area contributed by atoms with E-state index in [2.05, 4.69) is 45.0 Å². The van der Waals surface area contributed by atoms with Crippen LogP contribution in [-0.2, 0) is 0 Å². The number of nitrogens with zero attached hydrogens (tertiary/aromatic N) is 4. The van der Waals surface area contributed by atoms with Gasteiger partial charge in [-0.15, -0.1) is 0 Å². The first-order chi connectivity index (χ1) is 13.0. The summed E-state index contributed by atoms with van der Waals surface area (Å²) in [4.78, 5) is 6.86. The van der Waals surface area contributed by atoms with Crippen molar-refractivity contribution in [1.82, 2.24) is 4.90 Å². The van der Waals surface area contributed by atoms with Gasteiger partial charge in [0.25, 0.3) is 0 Å². The molecule has 1 saturated heterocycles. The number of amidine groups is 1. The first kappa shape index (κ1) is 19.2. The highest BCUT2D eigenvalue weighted by molar-refractivity contribution is 9.10. The van der Waals surface area contributed by atoms with Crippen molar-refractivity contribution in [1.29, 1.82) is 10.5 Å². The van der Waals surface area contributed by atoms with Gasteiger partial charge in [-0.1, -0.05) is 12.1 Å². The lowest BCUT2D eigenvalue weighted by atomic mass is 9.78. The van der Waals surface area contributed by atoms with E-state index in [9.17, 15) is 10.5 Å². The van der Waals surface area contributed by atoms with Crippen LogP contribution >= 0.6 is 15.9 Å². The molecule has 4 N–H and O–H groups in total. The summed E-state index contributed by atoms with van der Waals surface area (Å²) in [6, 6.07) is 9.96. The predicted molar refractivity (Wildman–Crippen MR) is 108 cm³/mol. The molecule has 1 aromatic rings. The maximum atomic E-state index is 10.0. The highest BCUT2D eigenvalue weighted by Crippen LogP contribution is 2.43. The van der Waals surface area contributed by atoms with Crippen molar-refractivity contribution in [2.45, 2.75) is 18.8 Å². The minimum Gasteiger partial charge on any atom is -0.404 e. The van der Waals surface area contributed by atoms with Crippen LogP contribution in [0, 0.1) is 28.6 Å². The Balaban J connectivity index is 2.17. The zero-order valence-corrected chi connectivity index (χ0v) is 16.7. The Morgan fingerprint density at radius 2 is 1.96 bits per heavy atom. The minimum absolute atomic E-state index is 0.189. The van der Waals surface area contributed by atoms with Crippen LogP contribution in [0.3, 0.4) is 0 Å². The van der Waals surface area contributed by atoms with Crippen LogP contribution in [0.5, 0.6) is 0 Å². The summed E-state index contributed by atoms with van der Waals surface area (Å²) in [7, 11) is 2.09. The average Bonchev–Trinajstić information content (AvgIpc) is 2.68. The molecule has 2 heterocycles. The lowest BCUT2D eigenvalue weighted by molar-refractivity contribution is 0.236. The number of rotatable bonds is 2. The van der Waals surface area contributed by atoms with Crippen molar-refractivity contribution >= 4 is 21.8 Å². The molecule has 2 aliphatic rings. The van der Waals surface area contributed by atoms with E-state index >= 15 is 0 Å². The standard InChI is InChI=1S/C20H21BrN6/c1-27-7-5-12(6-8-27)19-15(10-23)17(16(11-24)20(25)26-19)14-4-2-3-13(9-22)18(14)21/h2-4,11-12,17H,5-8,24H2,1H3,(H2,25,26)/b16-11-. The summed E-state index contributed by atoms with van der Waals surface area (Å²) >= 11 is 3.52. The molecule has 138 valence electrons. The number of allylic oxidation sites excluding steroid dienone is 2. The van der Waals surface area contributed by atoms with Crippen LogP contribution < -0.4 is 11.5 Å². The number of hydrogen-bond donors (Lipinski definition) is 2. The van der Waals surface area contributed by atoms with Gasteiger partial charge in [-0.25, -0.2) is 4.99 Å². The van der Waals surface area contributed by atoms with E-state index in [1.807, 2.05) is 6.07 Å². The number of halogens is 1. The zero-order chi connectivity index (χ0) is 19.6. The molecule has 6 nitrogen and oxygen atoms in total. The minimum atomic E-state index is -0.435. The molecule has 0 aromatic heterocycles. The van der Waals surface area contributed by atoms with Crippen molar-refractivity contribution < 1.29 is 0 Å². The van der Waals surface area contributed by atoms with Crippen molar-refractivity contribution in [3.8, 4) is 12.1 Å². The van der Waals surface area contributed by atoms with Crippen molar-refractivity contribution in [3.05, 3.63) is 56.8 Å². The summed E-state index contributed by atoms with van der Waals surface area (Å²) in [6.45, 7) is 1.92. The SMILES string of the molecule is CN1CCC(C2=C(C#N)C(c3cccc(C#N)c3Br)/C(=C/N)C(N)=N2)CC1. The average molecular weight is 425 g/mol. The second-order valence-electron chi connectivity index (χ2n) is 6.86. The molecule has 1 unspecified atom stereocenters. The molecular formula is C20H21BrN6. The van der Waals surface area contributed by atoms with E-state index in [1.54, 1.807) is 12.1 Å². The largest absolute Gasteiger partial charge is 0.404 e. The van der Waals surface area contributed by atoms with Crippen molar-refractivity contribution in [2.24, 2.45) is 22.4 Å². The van der Waals surface area contributed by atoms with Crippen LogP contribution in [-0.4, -0.2) is 30.9 Å². The van der Waals surface area contributed by atoms with Gasteiger partial charge in [-0.2, -0.15) is 10.5 Å². The molecule has 3 rings (SSSR count). The van der Waals surface area contributed by atoms with Gasteiger partial charge in [0.1, 0.15) is 11.9 Å². The Morgan fingerprint density at radius 3 is 2.56 bits per heavy atom. The van der Waals surface area contributed by atoms with E-state index in [-0.39, 0.29) is 5.92 Å². The molecular weight excluding hydrogens is 404 g/mol. The Bertz CT molecular complexity index is 923. The maximum absolute atomic E-state index is 10.0. The number of likely N-dealkylation sites (tertiary alicyclic amines) is 1. The Hall–Kier alpha value is -2.61. The van der Waals surface area contributed by atoms with Gasteiger partial charge in [0, 0.05) is 22.2 Å². The number of nitrogens with two attached hydrogens (primary N) is 2. The van der Waals surface area contributed by atoms with Gasteiger partial charge in [-0.3, -0.25) is 0 Å². The number of aliphatic imine (C=N–C) groups is 1. The molecule has 1 atom stereocenters. The molecule has 27 heavy (non-hydrogen) atoms. The zero-order valence-electron chi connectivity index (χ0n) is 15.1. The Morgan fingerprint density at radius 1 is 1.26 bits per heavy atom. The third kappa shape index (κ3) is 3.49. The fourth-order valence-electron chi connectivity index (χ4n) is 3.78. The van der Waals surface area contributed by atoms with E-state index in [1.165, 1.54) is 6.20 Å². The summed E-state index contributed by atoms with van der Waals surface area (Å²) in [5.41, 5.74) is 15.3. The Kier molecular flexibility index (Phi) is 5.65. The monoisotopic (exact) mass is 424 g/mol. The van der Waals surface area contributed by atoms with Crippen LogP contribution in [0.15, 0.2) is 50.7 Å². The number of hydrogen-bond acceptors (Lipinski definition) is 6. The fraction of sp³-hybridized carbons (Fsp3) is 0.350. The quantitative estimate of drug-likeness (QED) is 0.756. The number of benzene rings is 1. The van der Waals surface area contributed by atoms with Gasteiger partial charge in [0.2, 0.25) is 0 Å². The third-order valence-corrected chi connectivity index (χ3v) is 6.16. The molecule has 1 aromatic carbocycles. The Labute approximate surface area is 167 Å². The van der Waals surface area contributed by atoms with E-state index in [0.717, 1.165) is 37.2 Å². The van der Waals surface area contributed by atoms with Crippen molar-refractivity contribution in [3.63, 3.8) is 0 Å². The molecule has 0 aliphatic carbocycles. The first-order valence-corrected chi connectivity index (χ1v) is 9.58. The van der Waals surface area contributed by atoms with Gasteiger partial charge in [0.15, 0.2) is 0 Å². The topological polar surface area (TPSA) is 115 Å². The molecule has 7 heteroatoms. The summed E-state index contributed by atoms with van der Waals surface area (Å²) < 4.78 is 0.655. The van der Waals surface area contributed by atoms with E-state index in [0.29, 0.717) is 27.0 Å². The molecule has 2 aliphatic heterocycles. The van der Waals surface area contributed by atoms with Crippen LogP contribution in [0.4, 0.5) is 0 Å². The smallest absolute Gasteiger partial charge is 0.129 e.